The molecule has 2 saturated carbocycles. The lowest BCUT2D eigenvalue weighted by Gasteiger charge is -2.45. The van der Waals surface area contributed by atoms with Crippen LogP contribution in [-0.4, -0.2) is 14.4 Å². The van der Waals surface area contributed by atoms with Crippen LogP contribution in [0.3, 0.4) is 0 Å². The van der Waals surface area contributed by atoms with Gasteiger partial charge in [0.15, 0.2) is 8.32 Å². The Kier molecular flexibility index (Phi) is 3.12. The zero-order valence-corrected chi connectivity index (χ0v) is 14.7. The first-order chi connectivity index (χ1) is 7.92. The predicted molar refractivity (Wildman–Crippen MR) is 81.3 cm³/mol. The molecule has 0 heterocycles. The van der Waals surface area contributed by atoms with E-state index in [-0.39, 0.29) is 0 Å². The summed E-state index contributed by atoms with van der Waals surface area (Å²) < 4.78 is 6.77. The summed E-state index contributed by atoms with van der Waals surface area (Å²) >= 11 is 0. The summed E-state index contributed by atoms with van der Waals surface area (Å²) in [6, 6.07) is 0. The molecule has 0 aromatic carbocycles. The van der Waals surface area contributed by atoms with Crippen LogP contribution in [-0.2, 0) is 4.43 Å². The fourth-order valence-electron chi connectivity index (χ4n) is 3.84. The highest BCUT2D eigenvalue weighted by atomic mass is 28.4. The number of fused-ring (bicyclic) bond motifs is 2. The standard InChI is InChI=1S/C16H32OSi/c1-14(2,3)18(7,8)17-13-11-12-9-10-16(13,6)15(12,4)5/h12-13H,9-11H2,1-8H3/t12-,13-,16+/m0/s1. The molecule has 3 atom stereocenters. The average molecular weight is 269 g/mol. The van der Waals surface area contributed by atoms with Crippen molar-refractivity contribution >= 4 is 8.32 Å². The molecule has 1 nitrogen and oxygen atoms in total. The third kappa shape index (κ3) is 1.83. The van der Waals surface area contributed by atoms with Crippen LogP contribution in [0.25, 0.3) is 0 Å². The lowest BCUT2D eigenvalue weighted by molar-refractivity contribution is 0.0210. The van der Waals surface area contributed by atoms with E-state index in [2.05, 4.69) is 54.6 Å². The van der Waals surface area contributed by atoms with Crippen LogP contribution in [0.2, 0.25) is 18.1 Å². The van der Waals surface area contributed by atoms with Gasteiger partial charge < -0.3 is 4.43 Å². The number of rotatable bonds is 2. The van der Waals surface area contributed by atoms with Crippen LogP contribution >= 0.6 is 0 Å². The smallest absolute Gasteiger partial charge is 0.192 e. The second-order valence-corrected chi connectivity index (χ2v) is 13.7. The van der Waals surface area contributed by atoms with Gasteiger partial charge in [0.2, 0.25) is 0 Å². The Balaban J connectivity index is 2.19. The van der Waals surface area contributed by atoms with Crippen LogP contribution in [0.1, 0.15) is 60.8 Å². The van der Waals surface area contributed by atoms with Crippen molar-refractivity contribution in [3.63, 3.8) is 0 Å². The molecule has 0 aromatic heterocycles. The van der Waals surface area contributed by atoms with E-state index in [1.165, 1.54) is 19.3 Å². The van der Waals surface area contributed by atoms with Crippen molar-refractivity contribution in [1.29, 1.82) is 0 Å². The van der Waals surface area contributed by atoms with Crippen molar-refractivity contribution in [1.82, 2.24) is 0 Å². The molecule has 106 valence electrons. The SMILES string of the molecule is CC1(C)[C@H]2CC[C@]1(C)[C@@H](O[Si](C)(C)C(C)(C)C)C2. The quantitative estimate of drug-likeness (QED) is 0.624. The van der Waals surface area contributed by atoms with Crippen LogP contribution in [0, 0.1) is 16.7 Å². The second kappa shape index (κ2) is 3.85. The molecule has 0 radical (unpaired) electrons. The molecule has 2 heteroatoms. The van der Waals surface area contributed by atoms with E-state index in [1.54, 1.807) is 0 Å². The molecule has 2 aliphatic rings. The van der Waals surface area contributed by atoms with E-state index in [0.717, 1.165) is 5.92 Å². The Labute approximate surface area is 115 Å². The zero-order valence-electron chi connectivity index (χ0n) is 13.7. The maximum atomic E-state index is 6.77. The summed E-state index contributed by atoms with van der Waals surface area (Å²) in [7, 11) is -1.62. The monoisotopic (exact) mass is 268 g/mol. The minimum absolute atomic E-state index is 0.329. The highest BCUT2D eigenvalue weighted by molar-refractivity contribution is 6.74. The third-order valence-electron chi connectivity index (χ3n) is 6.96. The largest absolute Gasteiger partial charge is 0.413 e. The Morgan fingerprint density at radius 2 is 1.67 bits per heavy atom. The summed E-state index contributed by atoms with van der Waals surface area (Å²) in [5.41, 5.74) is 0.882. The highest BCUT2D eigenvalue weighted by Gasteiger charge is 2.62. The first-order valence-electron chi connectivity index (χ1n) is 7.60. The highest BCUT2D eigenvalue weighted by Crippen LogP contribution is 2.66. The average Bonchev–Trinajstić information content (AvgIpc) is 2.48. The fraction of sp³-hybridized carbons (Fsp3) is 1.00. The van der Waals surface area contributed by atoms with Gasteiger partial charge >= 0.3 is 0 Å². The van der Waals surface area contributed by atoms with Crippen LogP contribution in [0.4, 0.5) is 0 Å². The van der Waals surface area contributed by atoms with E-state index in [1.807, 2.05) is 0 Å². The summed E-state index contributed by atoms with van der Waals surface area (Å²) in [6.45, 7) is 19.3. The van der Waals surface area contributed by atoms with E-state index in [9.17, 15) is 0 Å². The number of hydrogen-bond acceptors (Lipinski definition) is 1. The molecule has 0 N–H and O–H groups in total. The summed E-state index contributed by atoms with van der Waals surface area (Å²) in [4.78, 5) is 0. The van der Waals surface area contributed by atoms with Gasteiger partial charge in [-0.25, -0.2) is 0 Å². The Bertz CT molecular complexity index is 339. The molecule has 0 spiro atoms. The fourth-order valence-corrected chi connectivity index (χ4v) is 5.26. The first-order valence-corrected chi connectivity index (χ1v) is 10.5. The molecule has 2 fully saturated rings. The van der Waals surface area contributed by atoms with Crippen LogP contribution < -0.4 is 0 Å². The van der Waals surface area contributed by atoms with E-state index in [4.69, 9.17) is 4.43 Å². The van der Waals surface area contributed by atoms with Crippen LogP contribution in [0.15, 0.2) is 0 Å². The van der Waals surface area contributed by atoms with Gasteiger partial charge in [0, 0.05) is 0 Å². The Morgan fingerprint density at radius 1 is 1.11 bits per heavy atom. The normalized spacial score (nSPS) is 39.3. The lowest BCUT2D eigenvalue weighted by Crippen LogP contribution is -2.48. The molecular formula is C16H32OSi. The van der Waals surface area contributed by atoms with Gasteiger partial charge in [0.1, 0.15) is 0 Å². The lowest BCUT2D eigenvalue weighted by atomic mass is 9.70. The Hall–Kier alpha value is 0.177. The molecule has 2 rings (SSSR count). The maximum Gasteiger partial charge on any atom is 0.192 e. The van der Waals surface area contributed by atoms with E-state index < -0.39 is 8.32 Å². The van der Waals surface area contributed by atoms with Gasteiger partial charge in [-0.1, -0.05) is 41.5 Å². The van der Waals surface area contributed by atoms with Gasteiger partial charge in [-0.05, 0) is 54.1 Å². The minimum Gasteiger partial charge on any atom is -0.413 e. The van der Waals surface area contributed by atoms with Gasteiger partial charge in [-0.2, -0.15) is 0 Å². The predicted octanol–water partition coefficient (Wildman–Crippen LogP) is 5.22. The van der Waals surface area contributed by atoms with Crippen molar-refractivity contribution in [2.24, 2.45) is 16.7 Å². The first kappa shape index (κ1) is 14.6. The van der Waals surface area contributed by atoms with Crippen molar-refractivity contribution in [3.8, 4) is 0 Å². The molecule has 0 unspecified atom stereocenters. The molecular weight excluding hydrogens is 236 g/mol. The second-order valence-electron chi connectivity index (χ2n) is 8.98. The molecule has 0 aromatic rings. The third-order valence-corrected chi connectivity index (χ3v) is 11.4. The molecule has 2 aliphatic carbocycles. The van der Waals surface area contributed by atoms with Crippen molar-refractivity contribution in [2.45, 2.75) is 85.0 Å². The topological polar surface area (TPSA) is 9.23 Å². The summed E-state index contributed by atoms with van der Waals surface area (Å²) in [5.74, 6) is 0.886. The van der Waals surface area contributed by atoms with Gasteiger partial charge in [0.05, 0.1) is 6.10 Å². The Morgan fingerprint density at radius 3 is 2.00 bits per heavy atom. The van der Waals surface area contributed by atoms with Crippen molar-refractivity contribution in [2.75, 3.05) is 0 Å². The zero-order chi connectivity index (χ0) is 14.0. The summed E-state index contributed by atoms with van der Waals surface area (Å²) in [5, 5.41) is 0.329. The van der Waals surface area contributed by atoms with Gasteiger partial charge in [-0.15, -0.1) is 0 Å². The molecule has 0 amide bonds. The summed E-state index contributed by atoms with van der Waals surface area (Å²) in [6.07, 6.45) is 4.59. The van der Waals surface area contributed by atoms with E-state index >= 15 is 0 Å². The molecule has 2 bridgehead atoms. The van der Waals surface area contributed by atoms with Crippen LogP contribution in [0.5, 0.6) is 0 Å². The molecule has 0 aliphatic heterocycles. The van der Waals surface area contributed by atoms with Gasteiger partial charge in [-0.3, -0.25) is 0 Å². The minimum atomic E-state index is -1.62. The van der Waals surface area contributed by atoms with Crippen molar-refractivity contribution < 1.29 is 4.43 Å². The van der Waals surface area contributed by atoms with Crippen molar-refractivity contribution in [3.05, 3.63) is 0 Å². The number of hydrogen-bond donors (Lipinski definition) is 0. The maximum absolute atomic E-state index is 6.77. The van der Waals surface area contributed by atoms with E-state index in [0.29, 0.717) is 22.0 Å². The molecule has 18 heavy (non-hydrogen) atoms. The van der Waals surface area contributed by atoms with Gasteiger partial charge in [0.25, 0.3) is 0 Å². The molecule has 0 saturated heterocycles.